The lowest BCUT2D eigenvalue weighted by molar-refractivity contribution is 0.300. The maximum absolute atomic E-state index is 8.83. The molecule has 0 heterocycles. The number of hydrogen-bond donors (Lipinski definition) is 3. The molecule has 0 spiro atoms. The van der Waals surface area contributed by atoms with Gasteiger partial charge in [0.25, 0.3) is 0 Å². The Labute approximate surface area is 128 Å². The van der Waals surface area contributed by atoms with E-state index in [0.29, 0.717) is 6.54 Å². The number of rotatable bonds is 9. The summed E-state index contributed by atoms with van der Waals surface area (Å²) in [4.78, 5) is 6.86. The van der Waals surface area contributed by atoms with Crippen LogP contribution < -0.4 is 15.5 Å². The first-order valence-corrected chi connectivity index (χ1v) is 7.74. The second kappa shape index (κ2) is 11.0. The van der Waals surface area contributed by atoms with Crippen LogP contribution >= 0.6 is 0 Å². The number of benzene rings is 1. The van der Waals surface area contributed by atoms with E-state index < -0.39 is 0 Å². The van der Waals surface area contributed by atoms with Crippen LogP contribution in [0.1, 0.15) is 20.3 Å². The molecule has 5 heteroatoms. The number of aliphatic imine (C=N–C) groups is 1. The molecule has 1 rings (SSSR count). The van der Waals surface area contributed by atoms with Crippen LogP contribution in [0.4, 0.5) is 5.69 Å². The van der Waals surface area contributed by atoms with Crippen LogP contribution in [0.5, 0.6) is 0 Å². The average molecular weight is 292 g/mol. The summed E-state index contributed by atoms with van der Waals surface area (Å²) in [6.07, 6.45) is 0.998. The highest BCUT2D eigenvalue weighted by molar-refractivity contribution is 5.79. The van der Waals surface area contributed by atoms with Crippen molar-refractivity contribution in [1.82, 2.24) is 10.6 Å². The minimum absolute atomic E-state index is 0.113. The van der Waals surface area contributed by atoms with Gasteiger partial charge in [-0.05, 0) is 32.4 Å². The van der Waals surface area contributed by atoms with Gasteiger partial charge in [0.1, 0.15) is 0 Å². The van der Waals surface area contributed by atoms with Gasteiger partial charge in [0.05, 0.1) is 6.61 Å². The minimum atomic E-state index is 0.113. The molecule has 1 aromatic carbocycles. The molecule has 0 fully saturated rings. The number of guanidine groups is 1. The molecule has 0 bridgehead atoms. The zero-order valence-corrected chi connectivity index (χ0v) is 13.2. The summed E-state index contributed by atoms with van der Waals surface area (Å²) in [7, 11) is 0. The molecule has 0 aromatic heterocycles. The third-order valence-electron chi connectivity index (χ3n) is 3.11. The molecule has 0 amide bonds. The van der Waals surface area contributed by atoms with Crippen LogP contribution in [0.2, 0.25) is 0 Å². The number of aliphatic hydroxyl groups is 1. The van der Waals surface area contributed by atoms with Gasteiger partial charge in [0, 0.05) is 38.4 Å². The zero-order chi connectivity index (χ0) is 15.3. The standard InChI is InChI=1S/C16H28N4O/c1-3-17-16(19-12-14-21)18-11-8-13-20(4-2)15-9-6-5-7-10-15/h5-7,9-10,21H,3-4,8,11-14H2,1-2H3,(H2,17,18,19). The Morgan fingerprint density at radius 3 is 2.57 bits per heavy atom. The van der Waals surface area contributed by atoms with E-state index >= 15 is 0 Å². The molecule has 0 aliphatic carbocycles. The lowest BCUT2D eigenvalue weighted by atomic mass is 10.2. The summed E-state index contributed by atoms with van der Waals surface area (Å²) >= 11 is 0. The summed E-state index contributed by atoms with van der Waals surface area (Å²) in [5.41, 5.74) is 1.26. The monoisotopic (exact) mass is 292 g/mol. The molecule has 0 aliphatic heterocycles. The van der Waals surface area contributed by atoms with Gasteiger partial charge in [0.2, 0.25) is 0 Å². The van der Waals surface area contributed by atoms with Gasteiger partial charge >= 0.3 is 0 Å². The van der Waals surface area contributed by atoms with E-state index in [2.05, 4.69) is 51.7 Å². The quantitative estimate of drug-likeness (QED) is 0.366. The van der Waals surface area contributed by atoms with Crippen molar-refractivity contribution in [3.8, 4) is 0 Å². The minimum Gasteiger partial charge on any atom is -0.395 e. The predicted octanol–water partition coefficient (Wildman–Crippen LogP) is 1.45. The molecule has 3 N–H and O–H groups in total. The highest BCUT2D eigenvalue weighted by Gasteiger charge is 2.02. The molecule has 1 aromatic rings. The summed E-state index contributed by atoms with van der Waals surface area (Å²) < 4.78 is 0. The number of nitrogens with zero attached hydrogens (tertiary/aromatic N) is 2. The van der Waals surface area contributed by atoms with Gasteiger partial charge in [-0.2, -0.15) is 0 Å². The van der Waals surface area contributed by atoms with Crippen molar-refractivity contribution in [1.29, 1.82) is 0 Å². The Bertz CT molecular complexity index is 395. The van der Waals surface area contributed by atoms with Gasteiger partial charge in [-0.25, -0.2) is 0 Å². The van der Waals surface area contributed by atoms with Crippen LogP contribution in [0.25, 0.3) is 0 Å². The Hall–Kier alpha value is -1.75. The van der Waals surface area contributed by atoms with Crippen molar-refractivity contribution >= 4 is 11.6 Å². The van der Waals surface area contributed by atoms with Gasteiger partial charge in [-0.3, -0.25) is 4.99 Å². The van der Waals surface area contributed by atoms with E-state index in [-0.39, 0.29) is 6.61 Å². The Balaban J connectivity index is 2.39. The molecule has 0 aliphatic rings. The Kier molecular flexibility index (Phi) is 9.04. The molecule has 0 radical (unpaired) electrons. The molecule has 21 heavy (non-hydrogen) atoms. The molecule has 118 valence electrons. The van der Waals surface area contributed by atoms with Crippen molar-refractivity contribution in [3.63, 3.8) is 0 Å². The van der Waals surface area contributed by atoms with Crippen molar-refractivity contribution in [2.24, 2.45) is 4.99 Å². The molecule has 0 saturated heterocycles. The average Bonchev–Trinajstić information content (AvgIpc) is 2.53. The number of anilines is 1. The van der Waals surface area contributed by atoms with E-state index in [9.17, 15) is 0 Å². The summed E-state index contributed by atoms with van der Waals surface area (Å²) in [6, 6.07) is 10.5. The highest BCUT2D eigenvalue weighted by Crippen LogP contribution is 2.12. The number of hydrogen-bond acceptors (Lipinski definition) is 3. The molecular weight excluding hydrogens is 264 g/mol. The van der Waals surface area contributed by atoms with Gasteiger partial charge in [-0.1, -0.05) is 18.2 Å². The van der Waals surface area contributed by atoms with Crippen LogP contribution in [0, 0.1) is 0 Å². The van der Waals surface area contributed by atoms with Crippen molar-refractivity contribution < 1.29 is 5.11 Å². The Morgan fingerprint density at radius 2 is 1.95 bits per heavy atom. The normalized spacial score (nSPS) is 11.3. The summed E-state index contributed by atoms with van der Waals surface area (Å²) in [6.45, 7) is 8.42. The van der Waals surface area contributed by atoms with Crippen LogP contribution in [0.15, 0.2) is 35.3 Å². The van der Waals surface area contributed by atoms with Crippen molar-refractivity contribution in [2.75, 3.05) is 44.2 Å². The third-order valence-corrected chi connectivity index (χ3v) is 3.11. The van der Waals surface area contributed by atoms with Gasteiger partial charge < -0.3 is 20.6 Å². The van der Waals surface area contributed by atoms with Crippen molar-refractivity contribution in [3.05, 3.63) is 30.3 Å². The number of aliphatic hydroxyl groups excluding tert-OH is 1. The highest BCUT2D eigenvalue weighted by atomic mass is 16.3. The van der Waals surface area contributed by atoms with Crippen LogP contribution in [0.3, 0.4) is 0 Å². The smallest absolute Gasteiger partial charge is 0.191 e. The van der Waals surface area contributed by atoms with E-state index in [4.69, 9.17) is 5.11 Å². The van der Waals surface area contributed by atoms with Crippen molar-refractivity contribution in [2.45, 2.75) is 20.3 Å². The molecule has 5 nitrogen and oxygen atoms in total. The molecule has 0 unspecified atom stereocenters. The lowest BCUT2D eigenvalue weighted by Crippen LogP contribution is -2.38. The second-order valence-corrected chi connectivity index (χ2v) is 4.68. The summed E-state index contributed by atoms with van der Waals surface area (Å²) in [5, 5.41) is 15.1. The number of para-hydroxylation sites is 1. The topological polar surface area (TPSA) is 59.9 Å². The largest absolute Gasteiger partial charge is 0.395 e. The van der Waals surface area contributed by atoms with E-state index in [1.165, 1.54) is 5.69 Å². The first kappa shape index (κ1) is 17.3. The molecular formula is C16H28N4O. The SMILES string of the molecule is CCNC(=NCCCN(CC)c1ccccc1)NCCO. The molecule has 0 saturated carbocycles. The first-order chi connectivity index (χ1) is 10.3. The van der Waals surface area contributed by atoms with Crippen LogP contribution in [-0.2, 0) is 0 Å². The predicted molar refractivity (Wildman–Crippen MR) is 90.0 cm³/mol. The fourth-order valence-corrected chi connectivity index (χ4v) is 2.08. The van der Waals surface area contributed by atoms with E-state index in [1.54, 1.807) is 0 Å². The van der Waals surface area contributed by atoms with E-state index in [0.717, 1.165) is 38.6 Å². The lowest BCUT2D eigenvalue weighted by Gasteiger charge is -2.22. The second-order valence-electron chi connectivity index (χ2n) is 4.68. The zero-order valence-electron chi connectivity index (χ0n) is 13.2. The van der Waals surface area contributed by atoms with Gasteiger partial charge in [0.15, 0.2) is 5.96 Å². The van der Waals surface area contributed by atoms with E-state index in [1.807, 2.05) is 13.0 Å². The number of nitrogens with one attached hydrogen (secondary N) is 2. The van der Waals surface area contributed by atoms with Crippen LogP contribution in [-0.4, -0.2) is 50.4 Å². The summed E-state index contributed by atoms with van der Waals surface area (Å²) in [5.74, 6) is 0.773. The van der Waals surface area contributed by atoms with Gasteiger partial charge in [-0.15, -0.1) is 0 Å². The first-order valence-electron chi connectivity index (χ1n) is 7.74. The fraction of sp³-hybridized carbons (Fsp3) is 0.562. The Morgan fingerprint density at radius 1 is 1.19 bits per heavy atom. The maximum atomic E-state index is 8.83. The third kappa shape index (κ3) is 6.99. The fourth-order valence-electron chi connectivity index (χ4n) is 2.08. The maximum Gasteiger partial charge on any atom is 0.191 e. The molecule has 0 atom stereocenters.